The number of para-hydroxylation sites is 1. The Morgan fingerprint density at radius 1 is 0.321 bits per heavy atom. The molecule has 0 aliphatic rings. The Kier molecular flexibility index (Phi) is 7.43. The lowest BCUT2D eigenvalue weighted by atomic mass is 9.97. The normalized spacial score (nSPS) is 11.4. The molecule has 0 fully saturated rings. The summed E-state index contributed by atoms with van der Waals surface area (Å²) >= 11 is 0. The molecule has 2 heterocycles. The maximum absolute atomic E-state index is 6.72. The van der Waals surface area contributed by atoms with E-state index in [-0.39, 0.29) is 0 Å². The molecule has 0 radical (unpaired) electrons. The summed E-state index contributed by atoms with van der Waals surface area (Å²) in [5, 5.41) is 4.21. The van der Waals surface area contributed by atoms with Gasteiger partial charge in [0.2, 0.25) is 0 Å². The van der Waals surface area contributed by atoms with E-state index in [9.17, 15) is 0 Å². The molecule has 53 heavy (non-hydrogen) atoms. The molecule has 248 valence electrons. The van der Waals surface area contributed by atoms with E-state index in [0.29, 0.717) is 17.5 Å². The zero-order valence-electron chi connectivity index (χ0n) is 28.6. The number of rotatable bonds is 6. The van der Waals surface area contributed by atoms with E-state index in [4.69, 9.17) is 19.4 Å². The maximum atomic E-state index is 6.72. The van der Waals surface area contributed by atoms with Crippen LogP contribution in [0.5, 0.6) is 0 Å². The Hall–Kier alpha value is -7.17. The summed E-state index contributed by atoms with van der Waals surface area (Å²) in [6, 6.07) is 65.1. The first-order valence-corrected chi connectivity index (χ1v) is 17.8. The van der Waals surface area contributed by atoms with Crippen molar-refractivity contribution >= 4 is 32.7 Å². The Balaban J connectivity index is 1.16. The second-order valence-electron chi connectivity index (χ2n) is 13.2. The average Bonchev–Trinajstić information content (AvgIpc) is 3.63. The topological polar surface area (TPSA) is 51.8 Å². The van der Waals surface area contributed by atoms with E-state index in [1.54, 1.807) is 0 Å². The minimum Gasteiger partial charge on any atom is -0.455 e. The van der Waals surface area contributed by atoms with Crippen molar-refractivity contribution in [3.8, 4) is 67.5 Å². The molecule has 0 aliphatic carbocycles. The van der Waals surface area contributed by atoms with Gasteiger partial charge < -0.3 is 4.42 Å². The number of benzene rings is 8. The van der Waals surface area contributed by atoms with Gasteiger partial charge in [-0.05, 0) is 50.7 Å². The Morgan fingerprint density at radius 2 is 0.830 bits per heavy atom. The van der Waals surface area contributed by atoms with Crippen molar-refractivity contribution in [3.63, 3.8) is 0 Å². The highest BCUT2D eigenvalue weighted by Crippen LogP contribution is 2.41. The fourth-order valence-corrected chi connectivity index (χ4v) is 7.37. The Morgan fingerprint density at radius 3 is 1.64 bits per heavy atom. The predicted molar refractivity (Wildman–Crippen MR) is 217 cm³/mol. The van der Waals surface area contributed by atoms with Crippen molar-refractivity contribution in [2.75, 3.05) is 0 Å². The molecule has 10 rings (SSSR count). The predicted octanol–water partition coefficient (Wildman–Crippen LogP) is 12.9. The van der Waals surface area contributed by atoms with Gasteiger partial charge in [-0.15, -0.1) is 0 Å². The van der Waals surface area contributed by atoms with Gasteiger partial charge >= 0.3 is 0 Å². The van der Waals surface area contributed by atoms with Crippen LogP contribution in [0.4, 0.5) is 0 Å². The Bertz CT molecular complexity index is 2930. The van der Waals surface area contributed by atoms with E-state index in [1.165, 1.54) is 5.56 Å². The highest BCUT2D eigenvalue weighted by atomic mass is 16.3. The van der Waals surface area contributed by atoms with Gasteiger partial charge in [0.05, 0.1) is 0 Å². The second kappa shape index (κ2) is 12.9. The largest absolute Gasteiger partial charge is 0.455 e. The molecule has 0 unspecified atom stereocenters. The molecule has 2 aromatic heterocycles. The summed E-state index contributed by atoms with van der Waals surface area (Å²) in [5.41, 5.74) is 11.1. The van der Waals surface area contributed by atoms with Crippen molar-refractivity contribution in [1.82, 2.24) is 15.0 Å². The van der Waals surface area contributed by atoms with Crippen molar-refractivity contribution in [2.24, 2.45) is 0 Å². The van der Waals surface area contributed by atoms with Gasteiger partial charge in [-0.2, -0.15) is 0 Å². The summed E-state index contributed by atoms with van der Waals surface area (Å²) in [6.45, 7) is 0. The van der Waals surface area contributed by atoms with Crippen LogP contribution in [0.2, 0.25) is 0 Å². The molecule has 0 amide bonds. The van der Waals surface area contributed by atoms with Gasteiger partial charge in [0.1, 0.15) is 11.2 Å². The molecule has 0 spiro atoms. The highest BCUT2D eigenvalue weighted by molar-refractivity contribution is 6.15. The van der Waals surface area contributed by atoms with Crippen LogP contribution in [-0.4, -0.2) is 15.0 Å². The van der Waals surface area contributed by atoms with Gasteiger partial charge in [-0.3, -0.25) is 0 Å². The molecule has 0 bridgehead atoms. The lowest BCUT2D eigenvalue weighted by Crippen LogP contribution is -2.01. The molecular formula is C49H31N3O. The van der Waals surface area contributed by atoms with Crippen molar-refractivity contribution in [1.29, 1.82) is 0 Å². The molecule has 10 aromatic rings. The van der Waals surface area contributed by atoms with Crippen LogP contribution in [0.1, 0.15) is 0 Å². The fourth-order valence-electron chi connectivity index (χ4n) is 7.37. The van der Waals surface area contributed by atoms with Crippen LogP contribution in [-0.2, 0) is 0 Å². The van der Waals surface area contributed by atoms with Gasteiger partial charge in [0.25, 0.3) is 0 Å². The first kappa shape index (κ1) is 30.6. The van der Waals surface area contributed by atoms with Gasteiger partial charge in [0, 0.05) is 33.0 Å². The van der Waals surface area contributed by atoms with Gasteiger partial charge in [0.15, 0.2) is 17.5 Å². The lowest BCUT2D eigenvalue weighted by molar-refractivity contribution is 0.670. The summed E-state index contributed by atoms with van der Waals surface area (Å²) in [4.78, 5) is 15.5. The third kappa shape index (κ3) is 5.54. The van der Waals surface area contributed by atoms with Crippen LogP contribution in [0.3, 0.4) is 0 Å². The van der Waals surface area contributed by atoms with E-state index in [2.05, 4.69) is 164 Å². The monoisotopic (exact) mass is 677 g/mol. The Labute approximate surface area is 306 Å². The quantitative estimate of drug-likeness (QED) is 0.176. The van der Waals surface area contributed by atoms with Crippen LogP contribution >= 0.6 is 0 Å². The van der Waals surface area contributed by atoms with Gasteiger partial charge in [-0.25, -0.2) is 15.0 Å². The number of aromatic nitrogens is 3. The number of hydrogen-bond acceptors (Lipinski definition) is 4. The van der Waals surface area contributed by atoms with E-state index in [0.717, 1.165) is 77.2 Å². The molecule has 0 saturated carbocycles. The van der Waals surface area contributed by atoms with Gasteiger partial charge in [-0.1, -0.05) is 176 Å². The average molecular weight is 678 g/mol. The first-order valence-electron chi connectivity index (χ1n) is 17.8. The summed E-state index contributed by atoms with van der Waals surface area (Å²) < 4.78 is 6.72. The number of nitrogens with zero attached hydrogens (tertiary/aromatic N) is 3. The third-order valence-electron chi connectivity index (χ3n) is 9.96. The zero-order chi connectivity index (χ0) is 35.1. The molecule has 4 nitrogen and oxygen atoms in total. The smallest absolute Gasteiger partial charge is 0.164 e. The fraction of sp³-hybridized carbons (Fsp3) is 0. The van der Waals surface area contributed by atoms with Crippen molar-refractivity contribution in [2.45, 2.75) is 0 Å². The number of fused-ring (bicyclic) bond motifs is 4. The molecular weight excluding hydrogens is 647 g/mol. The first-order chi connectivity index (χ1) is 26.3. The summed E-state index contributed by atoms with van der Waals surface area (Å²) in [6.07, 6.45) is 0. The highest BCUT2D eigenvalue weighted by Gasteiger charge is 2.20. The van der Waals surface area contributed by atoms with E-state index >= 15 is 0 Å². The SMILES string of the molecule is c1ccc(-c2ccc(-c3nc(-c4cccc5ccccc45)nc(-c4cccc5oc6c(-c7cccc(-c8ccccc8)c7)cccc6c45)n3)cc2)cc1. The molecule has 8 aromatic carbocycles. The van der Waals surface area contributed by atoms with E-state index < -0.39 is 0 Å². The standard InChI is InChI=1S/C49H31N3O/c1-3-13-32(14-4-1)34-27-29-36(30-28-34)47-50-48(41-23-10-18-35-17-7-8-21-39(35)41)52-49(51-47)43-25-12-26-44-45(43)42-24-11-22-40(46(42)53-44)38-20-9-19-37(31-38)33-15-5-2-6-16-33/h1-31H. The van der Waals surface area contributed by atoms with Crippen LogP contribution < -0.4 is 0 Å². The number of hydrogen-bond donors (Lipinski definition) is 0. The summed E-state index contributed by atoms with van der Waals surface area (Å²) in [5.74, 6) is 1.83. The lowest BCUT2D eigenvalue weighted by Gasteiger charge is -2.11. The van der Waals surface area contributed by atoms with Crippen LogP contribution in [0.25, 0.3) is 100 Å². The van der Waals surface area contributed by atoms with Crippen LogP contribution in [0, 0.1) is 0 Å². The minimum absolute atomic E-state index is 0.592. The van der Waals surface area contributed by atoms with E-state index in [1.807, 2.05) is 24.3 Å². The number of furan rings is 1. The maximum Gasteiger partial charge on any atom is 0.164 e. The minimum atomic E-state index is 0.592. The molecule has 0 atom stereocenters. The van der Waals surface area contributed by atoms with Crippen molar-refractivity contribution < 1.29 is 4.42 Å². The molecule has 4 heteroatoms. The molecule has 0 saturated heterocycles. The third-order valence-corrected chi connectivity index (χ3v) is 9.96. The second-order valence-corrected chi connectivity index (χ2v) is 13.2. The van der Waals surface area contributed by atoms with Crippen molar-refractivity contribution in [3.05, 3.63) is 188 Å². The molecule has 0 aliphatic heterocycles. The molecule has 0 N–H and O–H groups in total. The zero-order valence-corrected chi connectivity index (χ0v) is 28.6. The van der Waals surface area contributed by atoms with Crippen LogP contribution in [0.15, 0.2) is 192 Å². The summed E-state index contributed by atoms with van der Waals surface area (Å²) in [7, 11) is 0.